The van der Waals surface area contributed by atoms with Crippen molar-refractivity contribution in [2.24, 2.45) is 5.73 Å². The number of H-pyrrole nitrogens is 1. The fourth-order valence-electron chi connectivity index (χ4n) is 2.53. The Morgan fingerprint density at radius 1 is 1.40 bits per heavy atom. The van der Waals surface area contributed by atoms with Gasteiger partial charge in [0, 0.05) is 34.6 Å². The summed E-state index contributed by atoms with van der Waals surface area (Å²) in [5.41, 5.74) is 7.43. The number of carbonyl (C=O) groups excluding carboxylic acids is 1. The van der Waals surface area contributed by atoms with E-state index in [9.17, 15) is 4.79 Å². The van der Waals surface area contributed by atoms with E-state index in [0.717, 1.165) is 30.4 Å². The summed E-state index contributed by atoms with van der Waals surface area (Å²) in [6.07, 6.45) is 0.846. The van der Waals surface area contributed by atoms with Crippen LogP contribution < -0.4 is 16.4 Å². The van der Waals surface area contributed by atoms with Crippen molar-refractivity contribution < 1.29 is 4.79 Å². The predicted molar refractivity (Wildman–Crippen MR) is 80.0 cm³/mol. The van der Waals surface area contributed by atoms with E-state index in [0.29, 0.717) is 10.7 Å². The van der Waals surface area contributed by atoms with Gasteiger partial charge in [0.15, 0.2) is 0 Å². The zero-order valence-electron chi connectivity index (χ0n) is 10.9. The van der Waals surface area contributed by atoms with Crippen LogP contribution in [0.2, 0.25) is 5.02 Å². The van der Waals surface area contributed by atoms with Crippen molar-refractivity contribution in [3.63, 3.8) is 0 Å². The van der Waals surface area contributed by atoms with Crippen molar-refractivity contribution in [3.8, 4) is 0 Å². The van der Waals surface area contributed by atoms with Crippen LogP contribution in [0.15, 0.2) is 24.3 Å². The normalized spacial score (nSPS) is 22.9. The topological polar surface area (TPSA) is 82.9 Å². The molecule has 5 N–H and O–H groups in total. The molecule has 0 radical (unpaired) electrons. The molecule has 6 heteroatoms. The molecule has 1 aromatic carbocycles. The minimum absolute atomic E-state index is 0.0127. The number of rotatable bonds is 2. The van der Waals surface area contributed by atoms with Crippen LogP contribution in [-0.2, 0) is 0 Å². The molecule has 2 heterocycles. The second-order valence-electron chi connectivity index (χ2n) is 5.15. The minimum Gasteiger partial charge on any atom is -0.351 e. The Hall–Kier alpha value is -1.56. The molecular formula is C14H17ClN4O. The van der Waals surface area contributed by atoms with Gasteiger partial charge in [-0.25, -0.2) is 0 Å². The molecule has 5 nitrogen and oxygen atoms in total. The Morgan fingerprint density at radius 3 is 3.05 bits per heavy atom. The quantitative estimate of drug-likeness (QED) is 0.672. The van der Waals surface area contributed by atoms with E-state index in [1.165, 1.54) is 0 Å². The SMILES string of the molecule is N[C@@H]1CNCC[C@@H]1NC(=O)c1cc2cc(Cl)ccc2[nH]1. The van der Waals surface area contributed by atoms with Crippen LogP contribution in [-0.4, -0.2) is 36.1 Å². The summed E-state index contributed by atoms with van der Waals surface area (Å²) in [5.74, 6) is -0.125. The van der Waals surface area contributed by atoms with Crippen molar-refractivity contribution in [1.82, 2.24) is 15.6 Å². The zero-order chi connectivity index (χ0) is 14.1. The van der Waals surface area contributed by atoms with Gasteiger partial charge in [0.2, 0.25) is 0 Å². The number of hydrogen-bond donors (Lipinski definition) is 4. The standard InChI is InChI=1S/C14H17ClN4O/c15-9-1-2-11-8(5-9)6-13(18-11)14(20)19-12-3-4-17-7-10(12)16/h1-2,5-6,10,12,17-18H,3-4,7,16H2,(H,19,20)/t10-,12+/m1/s1. The lowest BCUT2D eigenvalue weighted by Gasteiger charge is -2.29. The summed E-state index contributed by atoms with van der Waals surface area (Å²) in [7, 11) is 0. The summed E-state index contributed by atoms with van der Waals surface area (Å²) in [4.78, 5) is 15.4. The van der Waals surface area contributed by atoms with Gasteiger partial charge in [-0.1, -0.05) is 11.6 Å². The molecule has 2 aromatic rings. The number of amides is 1. The summed E-state index contributed by atoms with van der Waals surface area (Å²) >= 11 is 5.94. The molecule has 0 spiro atoms. The summed E-state index contributed by atoms with van der Waals surface area (Å²) in [5, 5.41) is 7.78. The number of benzene rings is 1. The fourth-order valence-corrected chi connectivity index (χ4v) is 2.71. The van der Waals surface area contributed by atoms with Crippen LogP contribution >= 0.6 is 11.6 Å². The van der Waals surface area contributed by atoms with Crippen LogP contribution in [0, 0.1) is 0 Å². The molecule has 1 amide bonds. The van der Waals surface area contributed by atoms with Gasteiger partial charge in [-0.2, -0.15) is 0 Å². The summed E-state index contributed by atoms with van der Waals surface area (Å²) < 4.78 is 0. The highest BCUT2D eigenvalue weighted by atomic mass is 35.5. The maximum atomic E-state index is 12.3. The average Bonchev–Trinajstić information content (AvgIpc) is 2.84. The second kappa shape index (κ2) is 5.44. The van der Waals surface area contributed by atoms with Crippen molar-refractivity contribution in [2.45, 2.75) is 18.5 Å². The lowest BCUT2D eigenvalue weighted by atomic mass is 10.0. The number of hydrogen-bond acceptors (Lipinski definition) is 3. The number of carbonyl (C=O) groups is 1. The number of fused-ring (bicyclic) bond motifs is 1. The van der Waals surface area contributed by atoms with Crippen LogP contribution in [0.1, 0.15) is 16.9 Å². The molecular weight excluding hydrogens is 276 g/mol. The molecule has 0 unspecified atom stereocenters. The van der Waals surface area contributed by atoms with E-state index in [2.05, 4.69) is 15.6 Å². The van der Waals surface area contributed by atoms with Crippen molar-refractivity contribution >= 4 is 28.4 Å². The Labute approximate surface area is 121 Å². The van der Waals surface area contributed by atoms with E-state index in [1.807, 2.05) is 18.2 Å². The molecule has 2 atom stereocenters. The average molecular weight is 293 g/mol. The second-order valence-corrected chi connectivity index (χ2v) is 5.59. The summed E-state index contributed by atoms with van der Waals surface area (Å²) in [6, 6.07) is 7.27. The first-order chi connectivity index (χ1) is 9.63. The van der Waals surface area contributed by atoms with Crippen molar-refractivity contribution in [1.29, 1.82) is 0 Å². The molecule has 1 fully saturated rings. The first kappa shape index (κ1) is 13.4. The number of nitrogens with two attached hydrogens (primary N) is 1. The minimum atomic E-state index is -0.125. The molecule has 106 valence electrons. The molecule has 1 aliphatic heterocycles. The lowest BCUT2D eigenvalue weighted by Crippen LogP contribution is -2.56. The Bertz CT molecular complexity index is 639. The van der Waals surface area contributed by atoms with Gasteiger partial charge in [-0.3, -0.25) is 4.79 Å². The largest absolute Gasteiger partial charge is 0.351 e. The lowest BCUT2D eigenvalue weighted by molar-refractivity contribution is 0.0919. The van der Waals surface area contributed by atoms with Crippen LogP contribution in [0.4, 0.5) is 0 Å². The zero-order valence-corrected chi connectivity index (χ0v) is 11.7. The Morgan fingerprint density at radius 2 is 2.25 bits per heavy atom. The molecule has 1 aliphatic rings. The number of aromatic amines is 1. The van der Waals surface area contributed by atoms with Crippen molar-refractivity contribution in [2.75, 3.05) is 13.1 Å². The highest BCUT2D eigenvalue weighted by Gasteiger charge is 2.24. The van der Waals surface area contributed by atoms with E-state index in [4.69, 9.17) is 17.3 Å². The highest BCUT2D eigenvalue weighted by molar-refractivity contribution is 6.31. The van der Waals surface area contributed by atoms with Gasteiger partial charge in [0.25, 0.3) is 5.91 Å². The first-order valence-electron chi connectivity index (χ1n) is 6.69. The number of piperidine rings is 1. The van der Waals surface area contributed by atoms with Crippen molar-refractivity contribution in [3.05, 3.63) is 35.0 Å². The third-order valence-corrected chi connectivity index (χ3v) is 3.91. The van der Waals surface area contributed by atoms with E-state index in [1.54, 1.807) is 6.07 Å². The molecule has 0 saturated carbocycles. The maximum Gasteiger partial charge on any atom is 0.268 e. The summed E-state index contributed by atoms with van der Waals surface area (Å²) in [6.45, 7) is 1.61. The van der Waals surface area contributed by atoms with E-state index >= 15 is 0 Å². The third kappa shape index (κ3) is 2.65. The van der Waals surface area contributed by atoms with Gasteiger partial charge in [0.1, 0.15) is 5.69 Å². The molecule has 0 bridgehead atoms. The predicted octanol–water partition coefficient (Wildman–Crippen LogP) is 1.24. The monoisotopic (exact) mass is 292 g/mol. The van der Waals surface area contributed by atoms with E-state index < -0.39 is 0 Å². The first-order valence-corrected chi connectivity index (χ1v) is 7.07. The van der Waals surface area contributed by atoms with Gasteiger partial charge in [0.05, 0.1) is 0 Å². The molecule has 1 saturated heterocycles. The number of halogens is 1. The fraction of sp³-hybridized carbons (Fsp3) is 0.357. The Kier molecular flexibility index (Phi) is 3.65. The number of aromatic nitrogens is 1. The molecule has 1 aromatic heterocycles. The maximum absolute atomic E-state index is 12.3. The molecule has 3 rings (SSSR count). The Balaban J connectivity index is 1.78. The van der Waals surface area contributed by atoms with Crippen LogP contribution in [0.5, 0.6) is 0 Å². The van der Waals surface area contributed by atoms with E-state index in [-0.39, 0.29) is 18.0 Å². The van der Waals surface area contributed by atoms with Crippen LogP contribution in [0.25, 0.3) is 10.9 Å². The van der Waals surface area contributed by atoms with Gasteiger partial charge in [-0.15, -0.1) is 0 Å². The van der Waals surface area contributed by atoms with Gasteiger partial charge < -0.3 is 21.4 Å². The third-order valence-electron chi connectivity index (χ3n) is 3.67. The molecule has 0 aliphatic carbocycles. The smallest absolute Gasteiger partial charge is 0.268 e. The highest BCUT2D eigenvalue weighted by Crippen LogP contribution is 2.20. The number of nitrogens with one attached hydrogen (secondary N) is 3. The molecule has 20 heavy (non-hydrogen) atoms. The van der Waals surface area contributed by atoms with Crippen LogP contribution in [0.3, 0.4) is 0 Å². The van der Waals surface area contributed by atoms with Gasteiger partial charge >= 0.3 is 0 Å². The van der Waals surface area contributed by atoms with Gasteiger partial charge in [-0.05, 0) is 37.2 Å².